The first kappa shape index (κ1) is 31.9. The Morgan fingerprint density at radius 1 is 0.667 bits per heavy atom. The molecule has 0 spiro atoms. The maximum Gasteiger partial charge on any atom is 0.289 e. The number of imidazole rings is 1. The summed E-state index contributed by atoms with van der Waals surface area (Å²) in [4.78, 5) is 27.6. The standard InChI is InChI=1S/C44H38N6O/c1-29(2)32-14-13-15-33(26-32)30(3)46-43(51)42-47-38-27-37-40(28-39(38)48-42)50(49-41(37)31-22-24-45-25-23-31)44(34-16-7-4-8-17-34,35-18-9-5-10-19-35)36-20-11-6-12-21-36/h4-30,49H,1-3H3,(H,46,51)/t30-/m1/s1. The lowest BCUT2D eigenvalue weighted by atomic mass is 9.77. The number of aromatic nitrogens is 5. The Balaban J connectivity index is 1.34. The van der Waals surface area contributed by atoms with Gasteiger partial charge in [0.25, 0.3) is 5.91 Å². The van der Waals surface area contributed by atoms with E-state index in [1.165, 1.54) is 5.56 Å². The zero-order chi connectivity index (χ0) is 35.0. The Morgan fingerprint density at radius 3 is 1.78 bits per heavy atom. The molecule has 5 aromatic carbocycles. The molecule has 250 valence electrons. The van der Waals surface area contributed by atoms with Gasteiger partial charge in [-0.1, -0.05) is 129 Å². The van der Waals surface area contributed by atoms with Crippen LogP contribution in [0.1, 0.15) is 71.2 Å². The summed E-state index contributed by atoms with van der Waals surface area (Å²) < 4.78 is 2.25. The number of nitrogens with one attached hydrogen (secondary N) is 2. The van der Waals surface area contributed by atoms with E-state index in [0.29, 0.717) is 17.0 Å². The molecular weight excluding hydrogens is 629 g/mol. The maximum absolute atomic E-state index is 13.7. The molecule has 0 saturated heterocycles. The van der Waals surface area contributed by atoms with Gasteiger partial charge in [0.15, 0.2) is 0 Å². The molecule has 3 heterocycles. The van der Waals surface area contributed by atoms with Gasteiger partial charge in [-0.2, -0.15) is 0 Å². The Morgan fingerprint density at radius 2 is 1.22 bits per heavy atom. The summed E-state index contributed by atoms with van der Waals surface area (Å²) in [7, 11) is 0. The second-order valence-electron chi connectivity index (χ2n) is 13.3. The molecule has 8 rings (SSSR count). The molecule has 7 nitrogen and oxygen atoms in total. The third-order valence-electron chi connectivity index (χ3n) is 9.79. The summed E-state index contributed by atoms with van der Waals surface area (Å²) in [6.07, 6.45) is 3.60. The molecule has 0 unspecified atom stereocenters. The molecule has 0 bridgehead atoms. The Bertz CT molecular complexity index is 2360. The van der Waals surface area contributed by atoms with Crippen molar-refractivity contribution in [3.05, 3.63) is 186 Å². The molecule has 0 fully saturated rings. The number of hydrogen-bond acceptors (Lipinski definition) is 4. The number of aromatic amines is 1. The molecule has 1 amide bonds. The summed E-state index contributed by atoms with van der Waals surface area (Å²) in [6, 6.07) is 47.9. The summed E-state index contributed by atoms with van der Waals surface area (Å²) in [5, 5.41) is 7.94. The Kier molecular flexibility index (Phi) is 8.24. The van der Waals surface area contributed by atoms with E-state index in [1.807, 2.05) is 55.5 Å². The predicted molar refractivity (Wildman–Crippen MR) is 204 cm³/mol. The predicted octanol–water partition coefficient (Wildman–Crippen LogP) is 9.43. The number of fused-ring (bicyclic) bond motifs is 2. The number of benzene rings is 5. The number of pyridine rings is 1. The normalized spacial score (nSPS) is 12.4. The van der Waals surface area contributed by atoms with E-state index in [4.69, 9.17) is 9.97 Å². The molecule has 3 aromatic heterocycles. The van der Waals surface area contributed by atoms with E-state index in [0.717, 1.165) is 44.4 Å². The maximum atomic E-state index is 13.7. The minimum Gasteiger partial charge on any atom is -0.343 e. The summed E-state index contributed by atoms with van der Waals surface area (Å²) >= 11 is 0. The molecule has 0 radical (unpaired) electrons. The van der Waals surface area contributed by atoms with Crippen LogP contribution in [-0.4, -0.2) is 30.6 Å². The van der Waals surface area contributed by atoms with Gasteiger partial charge in [-0.05, 0) is 64.9 Å². The van der Waals surface area contributed by atoms with Gasteiger partial charge in [0.2, 0.25) is 5.82 Å². The second-order valence-corrected chi connectivity index (χ2v) is 13.3. The highest BCUT2D eigenvalue weighted by atomic mass is 16.2. The molecule has 0 aliphatic carbocycles. The van der Waals surface area contributed by atoms with Crippen molar-refractivity contribution >= 4 is 27.8 Å². The Labute approximate surface area is 297 Å². The van der Waals surface area contributed by atoms with Crippen LogP contribution in [-0.2, 0) is 5.54 Å². The van der Waals surface area contributed by atoms with Gasteiger partial charge in [-0.3, -0.25) is 19.6 Å². The monoisotopic (exact) mass is 666 g/mol. The van der Waals surface area contributed by atoms with Crippen LogP contribution in [0, 0.1) is 0 Å². The average molecular weight is 667 g/mol. The van der Waals surface area contributed by atoms with Crippen molar-refractivity contribution in [3.63, 3.8) is 0 Å². The molecule has 8 aromatic rings. The first-order valence-electron chi connectivity index (χ1n) is 17.3. The summed E-state index contributed by atoms with van der Waals surface area (Å²) in [5.74, 6) is 0.228. The quantitative estimate of drug-likeness (QED) is 0.150. The number of rotatable bonds is 9. The fourth-order valence-corrected chi connectivity index (χ4v) is 7.18. The van der Waals surface area contributed by atoms with Gasteiger partial charge in [-0.25, -0.2) is 9.97 Å². The zero-order valence-corrected chi connectivity index (χ0v) is 28.8. The van der Waals surface area contributed by atoms with E-state index in [9.17, 15) is 4.79 Å². The van der Waals surface area contributed by atoms with Crippen molar-refractivity contribution in [1.29, 1.82) is 0 Å². The number of hydrogen-bond donors (Lipinski definition) is 2. The zero-order valence-electron chi connectivity index (χ0n) is 28.8. The molecular formula is C44H38N6O. The van der Waals surface area contributed by atoms with E-state index >= 15 is 0 Å². The van der Waals surface area contributed by atoms with Gasteiger partial charge in [-0.15, -0.1) is 0 Å². The molecule has 7 heteroatoms. The van der Waals surface area contributed by atoms with Gasteiger partial charge >= 0.3 is 0 Å². The fraction of sp³-hybridized carbons (Fsp3) is 0.136. The third kappa shape index (κ3) is 5.66. The fourth-order valence-electron chi connectivity index (χ4n) is 7.18. The van der Waals surface area contributed by atoms with Crippen LogP contribution in [0.15, 0.2) is 152 Å². The second kappa shape index (κ2) is 13.2. The van der Waals surface area contributed by atoms with Crippen molar-refractivity contribution < 1.29 is 4.79 Å². The number of carbonyl (C=O) groups is 1. The third-order valence-corrected chi connectivity index (χ3v) is 9.79. The van der Waals surface area contributed by atoms with Crippen molar-refractivity contribution in [2.75, 3.05) is 0 Å². The topological polar surface area (TPSA) is 88.5 Å². The van der Waals surface area contributed by atoms with E-state index in [-0.39, 0.29) is 17.8 Å². The van der Waals surface area contributed by atoms with Crippen LogP contribution in [0.3, 0.4) is 0 Å². The van der Waals surface area contributed by atoms with Crippen LogP contribution >= 0.6 is 0 Å². The highest BCUT2D eigenvalue weighted by Crippen LogP contribution is 2.44. The minimum atomic E-state index is -0.804. The van der Waals surface area contributed by atoms with E-state index in [1.54, 1.807) is 12.4 Å². The van der Waals surface area contributed by atoms with Gasteiger partial charge in [0.05, 0.1) is 28.3 Å². The summed E-state index contributed by atoms with van der Waals surface area (Å²) in [5.41, 5.74) is 8.81. The number of nitrogens with zero attached hydrogens (tertiary/aromatic N) is 4. The van der Waals surface area contributed by atoms with Crippen LogP contribution in [0.25, 0.3) is 33.2 Å². The number of amides is 1. The molecule has 0 aliphatic rings. The van der Waals surface area contributed by atoms with E-state index < -0.39 is 5.54 Å². The number of H-pyrrole nitrogens is 1. The first-order valence-corrected chi connectivity index (χ1v) is 17.3. The molecule has 0 saturated carbocycles. The highest BCUT2D eigenvalue weighted by Gasteiger charge is 2.40. The molecule has 51 heavy (non-hydrogen) atoms. The molecule has 2 N–H and O–H groups in total. The van der Waals surface area contributed by atoms with Gasteiger partial charge in [0, 0.05) is 23.3 Å². The van der Waals surface area contributed by atoms with Crippen molar-refractivity contribution in [1.82, 2.24) is 30.0 Å². The van der Waals surface area contributed by atoms with Crippen LogP contribution in [0.4, 0.5) is 0 Å². The van der Waals surface area contributed by atoms with Crippen molar-refractivity contribution in [2.24, 2.45) is 0 Å². The molecule has 1 atom stereocenters. The minimum absolute atomic E-state index is 0.144. The molecule has 0 aliphatic heterocycles. The lowest BCUT2D eigenvalue weighted by molar-refractivity contribution is 0.0930. The van der Waals surface area contributed by atoms with Crippen molar-refractivity contribution in [2.45, 2.75) is 38.3 Å². The highest BCUT2D eigenvalue weighted by molar-refractivity contribution is 6.03. The SMILES string of the molecule is CC(C)c1cccc([C@@H](C)NC(=O)c2nc3cc4c(-c5ccncc5)[nH]n(C(c5ccccc5)(c5ccccc5)c5ccccc5)c4cc3n2)c1. The first-order chi connectivity index (χ1) is 24.9. The summed E-state index contributed by atoms with van der Waals surface area (Å²) in [6.45, 7) is 6.33. The largest absolute Gasteiger partial charge is 0.343 e. The number of carbonyl (C=O) groups excluding carboxylic acids is 1. The lowest BCUT2D eigenvalue weighted by Gasteiger charge is -2.37. The lowest BCUT2D eigenvalue weighted by Crippen LogP contribution is -2.38. The van der Waals surface area contributed by atoms with Gasteiger partial charge < -0.3 is 5.32 Å². The van der Waals surface area contributed by atoms with Crippen molar-refractivity contribution in [3.8, 4) is 11.3 Å². The smallest absolute Gasteiger partial charge is 0.289 e. The van der Waals surface area contributed by atoms with Crippen LogP contribution in [0.5, 0.6) is 0 Å². The Hall–Kier alpha value is -6.34. The average Bonchev–Trinajstić information content (AvgIpc) is 3.77. The van der Waals surface area contributed by atoms with Gasteiger partial charge in [0.1, 0.15) is 5.54 Å². The van der Waals surface area contributed by atoms with E-state index in [2.05, 4.69) is 125 Å². The van der Waals surface area contributed by atoms with Crippen LogP contribution < -0.4 is 5.32 Å². The van der Waals surface area contributed by atoms with Crippen LogP contribution in [0.2, 0.25) is 0 Å².